The Labute approximate surface area is 125 Å². The lowest BCUT2D eigenvalue weighted by Crippen LogP contribution is -2.52. The first kappa shape index (κ1) is 16.2. The fraction of sp³-hybridized carbons (Fsp3) is 0.357. The Morgan fingerprint density at radius 1 is 1.36 bits per heavy atom. The Balaban J connectivity index is 2.29. The maximum absolute atomic E-state index is 12.8. The van der Waals surface area contributed by atoms with Gasteiger partial charge in [-0.05, 0) is 36.8 Å². The Kier molecular flexibility index (Phi) is 4.06. The fourth-order valence-electron chi connectivity index (χ4n) is 2.04. The van der Waals surface area contributed by atoms with E-state index in [1.54, 1.807) is 0 Å². The number of nitrogens with zero attached hydrogens (tertiary/aromatic N) is 1. The van der Waals surface area contributed by atoms with Gasteiger partial charge in [0.05, 0.1) is 7.11 Å². The minimum absolute atomic E-state index is 0.0958. The maximum Gasteiger partial charge on any atom is 0.432 e. The van der Waals surface area contributed by atoms with E-state index in [2.05, 4.69) is 0 Å². The zero-order valence-electron chi connectivity index (χ0n) is 11.9. The summed E-state index contributed by atoms with van der Waals surface area (Å²) in [5, 5.41) is 10.8. The number of aliphatic hydroxyl groups is 1. The Bertz CT molecular complexity index is 598. The zero-order valence-corrected chi connectivity index (χ0v) is 11.9. The number of halogens is 3. The number of methoxy groups -OCH3 is 1. The molecule has 22 heavy (non-hydrogen) atoms. The smallest absolute Gasteiger partial charge is 0.432 e. The maximum atomic E-state index is 12.8. The van der Waals surface area contributed by atoms with Crippen molar-refractivity contribution in [3.8, 4) is 5.75 Å². The number of hydrazine groups is 1. The number of carbonyl (C=O) groups excluding carboxylic acids is 1. The molecule has 1 heterocycles. The van der Waals surface area contributed by atoms with E-state index in [0.29, 0.717) is 16.8 Å². The summed E-state index contributed by atoms with van der Waals surface area (Å²) >= 11 is 0. The van der Waals surface area contributed by atoms with Crippen LogP contribution in [0.1, 0.15) is 23.7 Å². The lowest BCUT2D eigenvalue weighted by molar-refractivity contribution is -0.104. The Morgan fingerprint density at radius 3 is 2.41 bits per heavy atom. The third kappa shape index (κ3) is 2.87. The van der Waals surface area contributed by atoms with Crippen LogP contribution in [0.2, 0.25) is 0 Å². The third-order valence-electron chi connectivity index (χ3n) is 3.36. The summed E-state index contributed by atoms with van der Waals surface area (Å²) in [6, 6.07) is 5.83. The summed E-state index contributed by atoms with van der Waals surface area (Å²) < 4.78 is 43.3. The third-order valence-corrected chi connectivity index (χ3v) is 3.36. The molecule has 2 N–H and O–H groups in total. The fourth-order valence-corrected chi connectivity index (χ4v) is 2.04. The second kappa shape index (κ2) is 5.53. The zero-order chi connectivity index (χ0) is 16.5. The molecule has 1 unspecified atom stereocenters. The van der Waals surface area contributed by atoms with E-state index in [9.17, 15) is 23.1 Å². The van der Waals surface area contributed by atoms with Crippen LogP contribution in [0.5, 0.6) is 5.75 Å². The van der Waals surface area contributed by atoms with Gasteiger partial charge in [0.15, 0.2) is 5.72 Å². The number of benzene rings is 1. The van der Waals surface area contributed by atoms with Gasteiger partial charge >= 0.3 is 6.18 Å². The molecule has 1 atom stereocenters. The van der Waals surface area contributed by atoms with E-state index in [4.69, 9.17) is 4.74 Å². The normalized spacial score (nSPS) is 21.4. The van der Waals surface area contributed by atoms with Gasteiger partial charge in [-0.1, -0.05) is 6.92 Å². The van der Waals surface area contributed by atoms with Crippen molar-refractivity contribution in [1.82, 2.24) is 10.4 Å². The number of allylic oxidation sites excluding steroid dienone is 1. The SMILES string of the molecule is CCC1(O)C=C(C(F)(F)F)NN1C(=O)c1ccc(OC)cc1. The second-order valence-electron chi connectivity index (χ2n) is 4.77. The van der Waals surface area contributed by atoms with Crippen molar-refractivity contribution < 1.29 is 27.8 Å². The summed E-state index contributed by atoms with van der Waals surface area (Å²) in [5.74, 6) is -0.270. The Morgan fingerprint density at radius 2 is 1.95 bits per heavy atom. The summed E-state index contributed by atoms with van der Waals surface area (Å²) in [5.41, 5.74) is -1.15. The molecule has 120 valence electrons. The molecule has 0 saturated carbocycles. The highest BCUT2D eigenvalue weighted by Crippen LogP contribution is 2.34. The minimum Gasteiger partial charge on any atom is -0.497 e. The van der Waals surface area contributed by atoms with Crippen LogP contribution in [0, 0.1) is 0 Å². The predicted molar refractivity (Wildman–Crippen MR) is 71.7 cm³/mol. The standard InChI is InChI=1S/C14H15F3N2O3/c1-3-13(21)8-11(14(15,16)17)18-19(13)12(20)9-4-6-10(22-2)7-5-9/h4-8,18,21H,3H2,1-2H3. The lowest BCUT2D eigenvalue weighted by atomic mass is 10.1. The van der Waals surface area contributed by atoms with Crippen molar-refractivity contribution >= 4 is 5.91 Å². The molecule has 5 nitrogen and oxygen atoms in total. The molecule has 0 saturated heterocycles. The molecular weight excluding hydrogens is 301 g/mol. The average molecular weight is 316 g/mol. The number of ether oxygens (including phenoxy) is 1. The molecule has 1 aliphatic heterocycles. The molecule has 2 rings (SSSR count). The van der Waals surface area contributed by atoms with Gasteiger partial charge in [-0.2, -0.15) is 13.2 Å². The van der Waals surface area contributed by atoms with Gasteiger partial charge in [0.25, 0.3) is 5.91 Å². The van der Waals surface area contributed by atoms with Crippen LogP contribution in [0.4, 0.5) is 13.2 Å². The molecule has 8 heteroatoms. The molecule has 1 aromatic rings. The highest BCUT2D eigenvalue weighted by Gasteiger charge is 2.48. The number of nitrogens with one attached hydrogen (secondary N) is 1. The van der Waals surface area contributed by atoms with Gasteiger partial charge in [-0.15, -0.1) is 0 Å². The second-order valence-corrected chi connectivity index (χ2v) is 4.77. The molecule has 0 fully saturated rings. The number of rotatable bonds is 3. The predicted octanol–water partition coefficient (Wildman–Crippen LogP) is 2.20. The number of hydrogen-bond acceptors (Lipinski definition) is 4. The van der Waals surface area contributed by atoms with Crippen LogP contribution in [0.15, 0.2) is 36.0 Å². The Hall–Kier alpha value is -2.22. The molecule has 0 spiro atoms. The van der Waals surface area contributed by atoms with E-state index >= 15 is 0 Å². The molecular formula is C14H15F3N2O3. The van der Waals surface area contributed by atoms with Crippen LogP contribution >= 0.6 is 0 Å². The quantitative estimate of drug-likeness (QED) is 0.897. The molecule has 0 bridgehead atoms. The molecule has 0 aliphatic carbocycles. The van der Waals surface area contributed by atoms with Gasteiger partial charge in [0, 0.05) is 5.56 Å². The van der Waals surface area contributed by atoms with Crippen molar-refractivity contribution in [2.45, 2.75) is 25.2 Å². The van der Waals surface area contributed by atoms with Crippen molar-refractivity contribution in [2.75, 3.05) is 7.11 Å². The molecule has 0 aromatic heterocycles. The van der Waals surface area contributed by atoms with Crippen molar-refractivity contribution in [1.29, 1.82) is 0 Å². The summed E-state index contributed by atoms with van der Waals surface area (Å²) in [4.78, 5) is 12.4. The minimum atomic E-state index is -4.68. The first-order valence-electron chi connectivity index (χ1n) is 6.49. The van der Waals surface area contributed by atoms with Crippen LogP contribution < -0.4 is 10.2 Å². The summed E-state index contributed by atoms with van der Waals surface area (Å²) in [6.07, 6.45) is -4.17. The van der Waals surface area contributed by atoms with E-state index in [-0.39, 0.29) is 12.0 Å². The topological polar surface area (TPSA) is 61.8 Å². The lowest BCUT2D eigenvalue weighted by Gasteiger charge is -2.31. The van der Waals surface area contributed by atoms with Gasteiger partial charge in [0.2, 0.25) is 0 Å². The van der Waals surface area contributed by atoms with Gasteiger partial charge in [0.1, 0.15) is 11.4 Å². The summed E-state index contributed by atoms with van der Waals surface area (Å²) in [6.45, 7) is 1.48. The highest BCUT2D eigenvalue weighted by atomic mass is 19.4. The van der Waals surface area contributed by atoms with E-state index in [0.717, 1.165) is 0 Å². The van der Waals surface area contributed by atoms with Crippen molar-refractivity contribution in [2.24, 2.45) is 0 Å². The molecule has 1 aliphatic rings. The number of hydrogen-bond donors (Lipinski definition) is 2. The molecule has 0 radical (unpaired) electrons. The average Bonchev–Trinajstić information content (AvgIpc) is 2.85. The van der Waals surface area contributed by atoms with E-state index in [1.807, 2.05) is 5.43 Å². The van der Waals surface area contributed by atoms with Crippen LogP contribution in [0.3, 0.4) is 0 Å². The number of amides is 1. The van der Waals surface area contributed by atoms with E-state index in [1.165, 1.54) is 38.3 Å². The van der Waals surface area contributed by atoms with Gasteiger partial charge < -0.3 is 9.84 Å². The van der Waals surface area contributed by atoms with E-state index < -0.39 is 23.5 Å². The largest absolute Gasteiger partial charge is 0.497 e. The van der Waals surface area contributed by atoms with Crippen molar-refractivity contribution in [3.05, 3.63) is 41.6 Å². The number of carbonyl (C=O) groups is 1. The van der Waals surface area contributed by atoms with Gasteiger partial charge in [-0.25, -0.2) is 5.01 Å². The molecule has 1 aromatic carbocycles. The first-order chi connectivity index (χ1) is 10.2. The highest BCUT2D eigenvalue weighted by molar-refractivity contribution is 5.95. The summed E-state index contributed by atoms with van der Waals surface area (Å²) in [7, 11) is 1.45. The van der Waals surface area contributed by atoms with Crippen LogP contribution in [0.25, 0.3) is 0 Å². The van der Waals surface area contributed by atoms with Crippen LogP contribution in [-0.2, 0) is 0 Å². The number of alkyl halides is 3. The van der Waals surface area contributed by atoms with Gasteiger partial charge in [-0.3, -0.25) is 10.2 Å². The van der Waals surface area contributed by atoms with Crippen LogP contribution in [-0.4, -0.2) is 35.0 Å². The first-order valence-corrected chi connectivity index (χ1v) is 6.49. The monoisotopic (exact) mass is 316 g/mol. The van der Waals surface area contributed by atoms with Crippen molar-refractivity contribution in [3.63, 3.8) is 0 Å². The molecule has 1 amide bonds.